The molecule has 0 bridgehead atoms. The highest BCUT2D eigenvalue weighted by molar-refractivity contribution is 7.89. The molecular formula is C15H25N3O2S. The van der Waals surface area contributed by atoms with Crippen molar-refractivity contribution in [2.75, 3.05) is 6.54 Å². The number of H-pyrrole nitrogens is 1. The molecule has 0 aromatic carbocycles. The van der Waals surface area contributed by atoms with Crippen molar-refractivity contribution in [3.05, 3.63) is 18.0 Å². The Morgan fingerprint density at radius 1 is 1.19 bits per heavy atom. The van der Waals surface area contributed by atoms with Crippen LogP contribution in [0.15, 0.2) is 17.2 Å². The fourth-order valence-electron chi connectivity index (χ4n) is 3.00. The highest BCUT2D eigenvalue weighted by atomic mass is 32.2. The summed E-state index contributed by atoms with van der Waals surface area (Å²) in [4.78, 5) is 3.39. The van der Waals surface area contributed by atoms with Crippen LogP contribution in [-0.4, -0.2) is 26.0 Å². The van der Waals surface area contributed by atoms with Gasteiger partial charge in [0, 0.05) is 31.0 Å². The Hall–Kier alpha value is -0.850. The zero-order valence-electron chi connectivity index (χ0n) is 12.4. The van der Waals surface area contributed by atoms with E-state index in [4.69, 9.17) is 0 Å². The molecule has 0 amide bonds. The molecule has 1 aromatic heterocycles. The Bertz CT molecular complexity index is 557. The van der Waals surface area contributed by atoms with E-state index in [1.165, 1.54) is 38.5 Å². The third-order valence-electron chi connectivity index (χ3n) is 4.50. The largest absolute Gasteiger partial charge is 0.363 e. The standard InChI is InChI=1S/C15H25N3O2S/c19-21(20,18-8-7-12-3-1-2-4-12)15-9-14(17-11-15)10-16-13-5-6-13/h9,11-13,16-18H,1-8,10H2. The van der Waals surface area contributed by atoms with E-state index in [0.29, 0.717) is 29.9 Å². The smallest absolute Gasteiger partial charge is 0.242 e. The lowest BCUT2D eigenvalue weighted by Crippen LogP contribution is -2.25. The SMILES string of the molecule is O=S(=O)(NCCC1CCCC1)c1c[nH]c(CNC2CC2)c1. The van der Waals surface area contributed by atoms with Crippen LogP contribution in [0, 0.1) is 5.92 Å². The first-order valence-corrected chi connectivity index (χ1v) is 9.52. The average Bonchev–Trinajstić information content (AvgIpc) is 2.93. The molecule has 2 aliphatic rings. The predicted molar refractivity (Wildman–Crippen MR) is 82.4 cm³/mol. The van der Waals surface area contributed by atoms with Crippen LogP contribution in [0.1, 0.15) is 50.6 Å². The molecular weight excluding hydrogens is 286 g/mol. The molecule has 1 aromatic rings. The minimum Gasteiger partial charge on any atom is -0.363 e. The molecule has 0 unspecified atom stereocenters. The van der Waals surface area contributed by atoms with Gasteiger partial charge in [-0.1, -0.05) is 25.7 Å². The van der Waals surface area contributed by atoms with E-state index in [-0.39, 0.29) is 0 Å². The summed E-state index contributed by atoms with van der Waals surface area (Å²) >= 11 is 0. The summed E-state index contributed by atoms with van der Waals surface area (Å²) in [6.45, 7) is 1.26. The molecule has 2 saturated carbocycles. The van der Waals surface area contributed by atoms with Crippen molar-refractivity contribution in [3.63, 3.8) is 0 Å². The number of nitrogens with one attached hydrogen (secondary N) is 3. The van der Waals surface area contributed by atoms with Crippen LogP contribution in [0.5, 0.6) is 0 Å². The fraction of sp³-hybridized carbons (Fsp3) is 0.733. The minimum absolute atomic E-state index is 0.349. The Morgan fingerprint density at radius 3 is 2.67 bits per heavy atom. The maximum atomic E-state index is 12.2. The van der Waals surface area contributed by atoms with Crippen molar-refractivity contribution < 1.29 is 8.42 Å². The number of rotatable bonds is 8. The van der Waals surface area contributed by atoms with Gasteiger partial charge in [0.1, 0.15) is 0 Å². The molecule has 1 heterocycles. The van der Waals surface area contributed by atoms with Gasteiger partial charge in [-0.05, 0) is 31.2 Å². The quantitative estimate of drug-likeness (QED) is 0.688. The van der Waals surface area contributed by atoms with Crippen molar-refractivity contribution in [3.8, 4) is 0 Å². The summed E-state index contributed by atoms with van der Waals surface area (Å²) in [6, 6.07) is 2.35. The third kappa shape index (κ3) is 4.31. The Labute approximate surface area is 127 Å². The summed E-state index contributed by atoms with van der Waals surface area (Å²) in [5.74, 6) is 0.706. The molecule has 5 nitrogen and oxygen atoms in total. The molecule has 0 atom stereocenters. The molecule has 3 N–H and O–H groups in total. The van der Waals surface area contributed by atoms with Crippen LogP contribution in [0.2, 0.25) is 0 Å². The van der Waals surface area contributed by atoms with Crippen molar-refractivity contribution in [1.29, 1.82) is 0 Å². The van der Waals surface area contributed by atoms with Gasteiger partial charge in [0.2, 0.25) is 10.0 Å². The van der Waals surface area contributed by atoms with E-state index < -0.39 is 10.0 Å². The molecule has 6 heteroatoms. The fourth-order valence-corrected chi connectivity index (χ4v) is 4.06. The maximum absolute atomic E-state index is 12.2. The van der Waals surface area contributed by atoms with Gasteiger partial charge in [0.25, 0.3) is 0 Å². The van der Waals surface area contributed by atoms with Gasteiger partial charge >= 0.3 is 0 Å². The van der Waals surface area contributed by atoms with Crippen LogP contribution >= 0.6 is 0 Å². The molecule has 21 heavy (non-hydrogen) atoms. The van der Waals surface area contributed by atoms with E-state index >= 15 is 0 Å². The van der Waals surface area contributed by atoms with Gasteiger partial charge in [-0.25, -0.2) is 13.1 Å². The Kier molecular flexibility index (Phi) is 4.66. The minimum atomic E-state index is -3.36. The van der Waals surface area contributed by atoms with E-state index in [0.717, 1.165) is 12.1 Å². The van der Waals surface area contributed by atoms with E-state index in [1.807, 2.05) is 0 Å². The third-order valence-corrected chi connectivity index (χ3v) is 5.95. The molecule has 0 spiro atoms. The van der Waals surface area contributed by atoms with Gasteiger partial charge in [0.05, 0.1) is 4.90 Å². The van der Waals surface area contributed by atoms with Gasteiger partial charge in [-0.3, -0.25) is 0 Å². The van der Waals surface area contributed by atoms with Crippen molar-refractivity contribution >= 4 is 10.0 Å². The van der Waals surface area contributed by atoms with E-state index in [9.17, 15) is 8.42 Å². The second-order valence-corrected chi connectivity index (χ2v) is 8.12. The predicted octanol–water partition coefficient (Wildman–Crippen LogP) is 2.13. The molecule has 2 aliphatic carbocycles. The van der Waals surface area contributed by atoms with Crippen LogP contribution in [-0.2, 0) is 16.6 Å². The summed E-state index contributed by atoms with van der Waals surface area (Å²) < 4.78 is 27.2. The Balaban J connectivity index is 1.48. The number of hydrogen-bond acceptors (Lipinski definition) is 3. The van der Waals surface area contributed by atoms with E-state index in [1.54, 1.807) is 12.3 Å². The van der Waals surface area contributed by atoms with Crippen molar-refractivity contribution in [2.45, 2.75) is 62.4 Å². The average molecular weight is 311 g/mol. The monoisotopic (exact) mass is 311 g/mol. The lowest BCUT2D eigenvalue weighted by Gasteiger charge is -2.09. The number of sulfonamides is 1. The van der Waals surface area contributed by atoms with E-state index in [2.05, 4.69) is 15.0 Å². The van der Waals surface area contributed by atoms with Gasteiger partial charge < -0.3 is 10.3 Å². The lowest BCUT2D eigenvalue weighted by molar-refractivity contribution is 0.495. The number of aromatic amines is 1. The zero-order chi connectivity index (χ0) is 14.7. The molecule has 3 rings (SSSR count). The first-order chi connectivity index (χ1) is 10.1. The maximum Gasteiger partial charge on any atom is 0.242 e. The number of hydrogen-bond donors (Lipinski definition) is 3. The van der Waals surface area contributed by atoms with Gasteiger partial charge in [-0.2, -0.15) is 0 Å². The Morgan fingerprint density at radius 2 is 1.95 bits per heavy atom. The summed E-state index contributed by atoms with van der Waals surface area (Å²) in [5, 5.41) is 3.37. The van der Waals surface area contributed by atoms with Crippen LogP contribution < -0.4 is 10.0 Å². The van der Waals surface area contributed by atoms with Gasteiger partial charge in [0.15, 0.2) is 0 Å². The van der Waals surface area contributed by atoms with Gasteiger partial charge in [-0.15, -0.1) is 0 Å². The normalized spacial score (nSPS) is 20.2. The van der Waals surface area contributed by atoms with Crippen molar-refractivity contribution in [2.24, 2.45) is 5.92 Å². The first-order valence-electron chi connectivity index (χ1n) is 8.04. The second kappa shape index (κ2) is 6.50. The van der Waals surface area contributed by atoms with Crippen LogP contribution in [0.25, 0.3) is 0 Å². The summed E-state index contributed by atoms with van der Waals surface area (Å²) in [6.07, 6.45) is 10.1. The van der Waals surface area contributed by atoms with Crippen LogP contribution in [0.3, 0.4) is 0 Å². The molecule has 0 radical (unpaired) electrons. The highest BCUT2D eigenvalue weighted by Gasteiger charge is 2.21. The van der Waals surface area contributed by atoms with Crippen LogP contribution in [0.4, 0.5) is 0 Å². The highest BCUT2D eigenvalue weighted by Crippen LogP contribution is 2.27. The molecule has 0 aliphatic heterocycles. The van der Waals surface area contributed by atoms with Crippen molar-refractivity contribution in [1.82, 2.24) is 15.0 Å². The summed E-state index contributed by atoms with van der Waals surface area (Å²) in [5.41, 5.74) is 0.929. The molecule has 0 saturated heterocycles. The second-order valence-electron chi connectivity index (χ2n) is 6.35. The summed E-state index contributed by atoms with van der Waals surface area (Å²) in [7, 11) is -3.36. The molecule has 118 valence electrons. The molecule has 2 fully saturated rings. The first kappa shape index (κ1) is 15.1. The number of aromatic nitrogens is 1. The zero-order valence-corrected chi connectivity index (χ0v) is 13.2. The lowest BCUT2D eigenvalue weighted by atomic mass is 10.1. The topological polar surface area (TPSA) is 74.0 Å².